The Labute approximate surface area is 122 Å². The van der Waals surface area contributed by atoms with E-state index in [0.29, 0.717) is 12.6 Å². The number of ether oxygens (including phenoxy) is 1. The molecule has 1 aromatic heterocycles. The number of hydrogen-bond acceptors (Lipinski definition) is 4. The van der Waals surface area contributed by atoms with Crippen molar-refractivity contribution in [3.8, 4) is 0 Å². The van der Waals surface area contributed by atoms with Crippen LogP contribution in [0.2, 0.25) is 0 Å². The predicted octanol–water partition coefficient (Wildman–Crippen LogP) is 2.70. The van der Waals surface area contributed by atoms with Crippen molar-refractivity contribution in [1.82, 2.24) is 10.2 Å². The fourth-order valence-corrected chi connectivity index (χ4v) is 2.73. The van der Waals surface area contributed by atoms with Gasteiger partial charge >= 0.3 is 0 Å². The fraction of sp³-hybridized carbons (Fsp3) is 0.750. The molecule has 0 radical (unpaired) electrons. The van der Waals surface area contributed by atoms with Crippen molar-refractivity contribution in [3.05, 3.63) is 23.2 Å². The second-order valence-corrected chi connectivity index (χ2v) is 5.72. The smallest absolute Gasteiger partial charge is 0.118 e. The molecule has 1 atom stereocenters. The highest BCUT2D eigenvalue weighted by Gasteiger charge is 2.19. The lowest BCUT2D eigenvalue weighted by Gasteiger charge is -2.32. The summed E-state index contributed by atoms with van der Waals surface area (Å²) in [6, 6.07) is 2.69. The first-order valence-electron chi connectivity index (χ1n) is 7.77. The molecule has 114 valence electrons. The van der Waals surface area contributed by atoms with E-state index in [1.807, 2.05) is 6.92 Å². The molecule has 0 saturated carbocycles. The third-order valence-corrected chi connectivity index (χ3v) is 4.11. The largest absolute Gasteiger partial charge is 0.465 e. The molecule has 20 heavy (non-hydrogen) atoms. The van der Waals surface area contributed by atoms with E-state index in [-0.39, 0.29) is 0 Å². The van der Waals surface area contributed by atoms with E-state index in [2.05, 4.69) is 30.3 Å². The van der Waals surface area contributed by atoms with Gasteiger partial charge in [-0.3, -0.25) is 0 Å². The first-order chi connectivity index (χ1) is 9.70. The summed E-state index contributed by atoms with van der Waals surface area (Å²) in [7, 11) is 2.20. The molecule has 2 heterocycles. The van der Waals surface area contributed by atoms with Crippen LogP contribution in [0.5, 0.6) is 0 Å². The van der Waals surface area contributed by atoms with Crippen molar-refractivity contribution >= 4 is 0 Å². The maximum Gasteiger partial charge on any atom is 0.118 e. The first kappa shape index (κ1) is 15.5. The average Bonchev–Trinajstić information content (AvgIpc) is 2.79. The molecular formula is C16H28N2O2. The molecule has 4 nitrogen and oxygen atoms in total. The quantitative estimate of drug-likeness (QED) is 0.833. The summed E-state index contributed by atoms with van der Waals surface area (Å²) in [5.41, 5.74) is 1.18. The Bertz CT molecular complexity index is 403. The third kappa shape index (κ3) is 4.33. The minimum Gasteiger partial charge on any atom is -0.465 e. The topological polar surface area (TPSA) is 37.6 Å². The summed E-state index contributed by atoms with van der Waals surface area (Å²) >= 11 is 0. The summed E-state index contributed by atoms with van der Waals surface area (Å²) in [5.74, 6) is 1.98. The maximum atomic E-state index is 5.91. The number of aryl methyl sites for hydroxylation is 1. The lowest BCUT2D eigenvalue weighted by Crippen LogP contribution is -2.39. The van der Waals surface area contributed by atoms with Gasteiger partial charge < -0.3 is 19.4 Å². The zero-order valence-electron chi connectivity index (χ0n) is 13.1. The molecule has 0 amide bonds. The summed E-state index contributed by atoms with van der Waals surface area (Å²) in [6.07, 6.45) is 3.91. The van der Waals surface area contributed by atoms with E-state index in [0.717, 1.165) is 31.2 Å². The summed E-state index contributed by atoms with van der Waals surface area (Å²) in [5, 5.41) is 3.28. The van der Waals surface area contributed by atoms with Gasteiger partial charge in [0.25, 0.3) is 0 Å². The van der Waals surface area contributed by atoms with Gasteiger partial charge in [-0.15, -0.1) is 0 Å². The maximum absolute atomic E-state index is 5.91. The van der Waals surface area contributed by atoms with Crippen LogP contribution < -0.4 is 5.32 Å². The van der Waals surface area contributed by atoms with E-state index in [4.69, 9.17) is 9.15 Å². The SMILES string of the molecule is CCNCc1cc(COCC2CCCCN2C)c(C)o1. The number of furan rings is 1. The number of likely N-dealkylation sites (N-methyl/N-ethyl adjacent to an activating group) is 1. The van der Waals surface area contributed by atoms with Gasteiger partial charge in [0, 0.05) is 11.6 Å². The lowest BCUT2D eigenvalue weighted by atomic mass is 10.0. The second kappa shape index (κ2) is 7.81. The van der Waals surface area contributed by atoms with Crippen molar-refractivity contribution in [2.75, 3.05) is 26.7 Å². The first-order valence-corrected chi connectivity index (χ1v) is 7.77. The van der Waals surface area contributed by atoms with Gasteiger partial charge in [-0.05, 0) is 46.0 Å². The number of likely N-dealkylation sites (tertiary alicyclic amines) is 1. The van der Waals surface area contributed by atoms with Crippen LogP contribution in [0.3, 0.4) is 0 Å². The highest BCUT2D eigenvalue weighted by molar-refractivity contribution is 5.19. The number of rotatable bonds is 7. The molecule has 0 spiro atoms. The molecule has 0 aliphatic carbocycles. The standard InChI is InChI=1S/C16H28N2O2/c1-4-17-10-16-9-14(13(2)20-16)11-19-12-15-7-5-6-8-18(15)3/h9,15,17H,4-8,10-12H2,1-3H3. The molecule has 0 bridgehead atoms. The van der Waals surface area contributed by atoms with Crippen molar-refractivity contribution in [2.24, 2.45) is 0 Å². The molecule has 1 aliphatic rings. The van der Waals surface area contributed by atoms with Crippen molar-refractivity contribution in [3.63, 3.8) is 0 Å². The van der Waals surface area contributed by atoms with Gasteiger partial charge in [0.1, 0.15) is 11.5 Å². The molecule has 1 N–H and O–H groups in total. The molecule has 4 heteroatoms. The minimum atomic E-state index is 0.581. The van der Waals surface area contributed by atoms with Crippen LogP contribution in [0.4, 0.5) is 0 Å². The van der Waals surface area contributed by atoms with Gasteiger partial charge in [0.2, 0.25) is 0 Å². The predicted molar refractivity (Wildman–Crippen MR) is 80.8 cm³/mol. The Balaban J connectivity index is 1.77. The Morgan fingerprint density at radius 1 is 1.45 bits per heavy atom. The number of hydrogen-bond donors (Lipinski definition) is 1. The molecule has 2 rings (SSSR count). The molecular weight excluding hydrogens is 252 g/mol. The number of piperidine rings is 1. The molecule has 1 aromatic rings. The monoisotopic (exact) mass is 280 g/mol. The summed E-state index contributed by atoms with van der Waals surface area (Å²) in [6.45, 7) is 8.55. The zero-order valence-corrected chi connectivity index (χ0v) is 13.1. The van der Waals surface area contributed by atoms with Crippen LogP contribution in [0.1, 0.15) is 43.3 Å². The highest BCUT2D eigenvalue weighted by Crippen LogP contribution is 2.18. The second-order valence-electron chi connectivity index (χ2n) is 5.72. The van der Waals surface area contributed by atoms with Crippen LogP contribution in [0.25, 0.3) is 0 Å². The molecule has 1 saturated heterocycles. The Morgan fingerprint density at radius 3 is 3.05 bits per heavy atom. The number of nitrogens with one attached hydrogen (secondary N) is 1. The summed E-state index contributed by atoms with van der Waals surface area (Å²) < 4.78 is 11.6. The van der Waals surface area contributed by atoms with Gasteiger partial charge in [0.05, 0.1) is 19.8 Å². The fourth-order valence-electron chi connectivity index (χ4n) is 2.73. The Hall–Kier alpha value is -0.840. The molecule has 1 fully saturated rings. The van der Waals surface area contributed by atoms with Gasteiger partial charge in [-0.2, -0.15) is 0 Å². The molecule has 1 aliphatic heterocycles. The third-order valence-electron chi connectivity index (χ3n) is 4.11. The van der Waals surface area contributed by atoms with E-state index in [1.54, 1.807) is 0 Å². The molecule has 0 aromatic carbocycles. The minimum absolute atomic E-state index is 0.581. The van der Waals surface area contributed by atoms with Crippen LogP contribution >= 0.6 is 0 Å². The van der Waals surface area contributed by atoms with Crippen LogP contribution in [0, 0.1) is 6.92 Å². The van der Waals surface area contributed by atoms with Gasteiger partial charge in [-0.25, -0.2) is 0 Å². The average molecular weight is 280 g/mol. The van der Waals surface area contributed by atoms with Crippen LogP contribution in [-0.4, -0.2) is 37.7 Å². The van der Waals surface area contributed by atoms with Gasteiger partial charge in [0.15, 0.2) is 0 Å². The van der Waals surface area contributed by atoms with Gasteiger partial charge in [-0.1, -0.05) is 13.3 Å². The van der Waals surface area contributed by atoms with E-state index in [9.17, 15) is 0 Å². The zero-order chi connectivity index (χ0) is 14.4. The van der Waals surface area contributed by atoms with Crippen LogP contribution in [-0.2, 0) is 17.9 Å². The highest BCUT2D eigenvalue weighted by atomic mass is 16.5. The summed E-state index contributed by atoms with van der Waals surface area (Å²) in [4.78, 5) is 2.42. The normalized spacial score (nSPS) is 20.4. The number of nitrogens with zero attached hydrogens (tertiary/aromatic N) is 1. The Morgan fingerprint density at radius 2 is 2.30 bits per heavy atom. The lowest BCUT2D eigenvalue weighted by molar-refractivity contribution is 0.0440. The van der Waals surface area contributed by atoms with Crippen molar-refractivity contribution < 1.29 is 9.15 Å². The Kier molecular flexibility index (Phi) is 6.07. The van der Waals surface area contributed by atoms with E-state index >= 15 is 0 Å². The van der Waals surface area contributed by atoms with Crippen molar-refractivity contribution in [1.29, 1.82) is 0 Å². The van der Waals surface area contributed by atoms with E-state index < -0.39 is 0 Å². The van der Waals surface area contributed by atoms with E-state index in [1.165, 1.54) is 31.4 Å². The molecule has 1 unspecified atom stereocenters. The van der Waals surface area contributed by atoms with Crippen molar-refractivity contribution in [2.45, 2.75) is 52.3 Å². The van der Waals surface area contributed by atoms with Crippen LogP contribution in [0.15, 0.2) is 10.5 Å².